The summed E-state index contributed by atoms with van der Waals surface area (Å²) in [5, 5.41) is 7.29. The van der Waals surface area contributed by atoms with Gasteiger partial charge in [-0.15, -0.1) is 0 Å². The van der Waals surface area contributed by atoms with Crippen LogP contribution in [-0.2, 0) is 18.3 Å². The first-order valence-electron chi connectivity index (χ1n) is 11.6. The molecule has 1 saturated heterocycles. The number of rotatable bonds is 6. The van der Waals surface area contributed by atoms with Gasteiger partial charge in [-0.05, 0) is 55.9 Å². The molecule has 0 bridgehead atoms. The molecular formula is C27H32N4O2. The molecule has 2 heterocycles. The Morgan fingerprint density at radius 2 is 1.79 bits per heavy atom. The Bertz CT molecular complexity index is 1120. The first-order valence-corrected chi connectivity index (χ1v) is 11.6. The van der Waals surface area contributed by atoms with Crippen LogP contribution in [0.4, 0.5) is 0 Å². The Hall–Kier alpha value is -3.41. The van der Waals surface area contributed by atoms with E-state index in [0.29, 0.717) is 25.2 Å². The standard InChI is InChI=1S/C27H32N4O2/c1-20(2)29-26(33)27(15-9-17-31(19-27)25(32)24-14-16-28-30(24)3)18-22-12-7-8-13-23(22)21-10-5-4-6-11-21/h4-8,10-14,16,20H,9,15,17-19H2,1-3H3,(H,29,33)/t27-/m0/s1. The lowest BCUT2D eigenvalue weighted by molar-refractivity contribution is -0.134. The molecule has 33 heavy (non-hydrogen) atoms. The highest BCUT2D eigenvalue weighted by atomic mass is 16.2. The minimum Gasteiger partial charge on any atom is -0.353 e. The van der Waals surface area contributed by atoms with Crippen molar-refractivity contribution in [1.82, 2.24) is 20.0 Å². The second-order valence-electron chi connectivity index (χ2n) is 9.28. The number of benzene rings is 2. The van der Waals surface area contributed by atoms with Crippen LogP contribution in [0.3, 0.4) is 0 Å². The molecule has 0 saturated carbocycles. The molecule has 2 aromatic carbocycles. The molecule has 0 unspecified atom stereocenters. The summed E-state index contributed by atoms with van der Waals surface area (Å²) in [4.78, 5) is 28.8. The van der Waals surface area contributed by atoms with Crippen molar-refractivity contribution in [2.75, 3.05) is 13.1 Å². The molecule has 1 atom stereocenters. The summed E-state index contributed by atoms with van der Waals surface area (Å²) in [5.41, 5.74) is 3.23. The number of carbonyl (C=O) groups is 2. The second kappa shape index (κ2) is 9.61. The van der Waals surface area contributed by atoms with Crippen LogP contribution in [-0.4, -0.2) is 45.6 Å². The number of nitrogens with one attached hydrogen (secondary N) is 1. The van der Waals surface area contributed by atoms with E-state index < -0.39 is 5.41 Å². The van der Waals surface area contributed by atoms with Crippen molar-refractivity contribution in [3.63, 3.8) is 0 Å². The zero-order valence-corrected chi connectivity index (χ0v) is 19.6. The van der Waals surface area contributed by atoms with Gasteiger partial charge in [0.25, 0.3) is 5.91 Å². The Morgan fingerprint density at radius 1 is 1.06 bits per heavy atom. The summed E-state index contributed by atoms with van der Waals surface area (Å²) >= 11 is 0. The third-order valence-corrected chi connectivity index (χ3v) is 6.44. The Labute approximate surface area is 195 Å². The number of aromatic nitrogens is 2. The fraction of sp³-hybridized carbons (Fsp3) is 0.370. The molecule has 1 N–H and O–H groups in total. The molecule has 4 rings (SSSR count). The van der Waals surface area contributed by atoms with Gasteiger partial charge in [0.05, 0.1) is 5.41 Å². The summed E-state index contributed by atoms with van der Waals surface area (Å²) in [6.07, 6.45) is 3.73. The molecular weight excluding hydrogens is 412 g/mol. The Kier molecular flexibility index (Phi) is 6.63. The lowest BCUT2D eigenvalue weighted by Crippen LogP contribution is -2.55. The van der Waals surface area contributed by atoms with E-state index in [-0.39, 0.29) is 17.9 Å². The van der Waals surface area contributed by atoms with Crippen molar-refractivity contribution in [1.29, 1.82) is 0 Å². The zero-order chi connectivity index (χ0) is 23.4. The fourth-order valence-electron chi connectivity index (χ4n) is 4.81. The van der Waals surface area contributed by atoms with Gasteiger partial charge in [0.15, 0.2) is 0 Å². The lowest BCUT2D eigenvalue weighted by atomic mass is 9.73. The average molecular weight is 445 g/mol. The van der Waals surface area contributed by atoms with E-state index in [9.17, 15) is 9.59 Å². The molecule has 1 fully saturated rings. The minimum absolute atomic E-state index is 0.0165. The molecule has 1 aliphatic rings. The van der Waals surface area contributed by atoms with Gasteiger partial charge < -0.3 is 10.2 Å². The monoisotopic (exact) mass is 444 g/mol. The molecule has 2 amide bonds. The van der Waals surface area contributed by atoms with Crippen LogP contribution < -0.4 is 5.32 Å². The highest BCUT2D eigenvalue weighted by Gasteiger charge is 2.44. The van der Waals surface area contributed by atoms with Crippen LogP contribution >= 0.6 is 0 Å². The van der Waals surface area contributed by atoms with Crippen molar-refractivity contribution < 1.29 is 9.59 Å². The van der Waals surface area contributed by atoms with Crippen LogP contribution in [0.2, 0.25) is 0 Å². The molecule has 172 valence electrons. The zero-order valence-electron chi connectivity index (χ0n) is 19.6. The number of carbonyl (C=O) groups excluding carboxylic acids is 2. The summed E-state index contributed by atoms with van der Waals surface area (Å²) in [6.45, 7) is 4.98. The number of hydrogen-bond acceptors (Lipinski definition) is 3. The van der Waals surface area contributed by atoms with E-state index in [2.05, 4.69) is 34.7 Å². The van der Waals surface area contributed by atoms with Gasteiger partial charge in [-0.2, -0.15) is 5.10 Å². The van der Waals surface area contributed by atoms with Gasteiger partial charge in [0.2, 0.25) is 5.91 Å². The third kappa shape index (κ3) is 4.85. The summed E-state index contributed by atoms with van der Waals surface area (Å²) in [5.74, 6) is -0.0596. The molecule has 0 aliphatic carbocycles. The van der Waals surface area contributed by atoms with Crippen LogP contribution in [0.1, 0.15) is 42.7 Å². The first kappa shape index (κ1) is 22.8. The maximum atomic E-state index is 13.6. The fourth-order valence-corrected chi connectivity index (χ4v) is 4.81. The number of nitrogens with zero attached hydrogens (tertiary/aromatic N) is 3. The highest BCUT2D eigenvalue weighted by molar-refractivity contribution is 5.93. The summed E-state index contributed by atoms with van der Waals surface area (Å²) in [7, 11) is 1.77. The van der Waals surface area contributed by atoms with Crippen molar-refractivity contribution in [3.8, 4) is 11.1 Å². The third-order valence-electron chi connectivity index (χ3n) is 6.44. The van der Waals surface area contributed by atoms with E-state index in [1.807, 2.05) is 49.1 Å². The van der Waals surface area contributed by atoms with Crippen molar-refractivity contribution in [2.45, 2.75) is 39.2 Å². The molecule has 6 nitrogen and oxygen atoms in total. The number of likely N-dealkylation sites (tertiary alicyclic amines) is 1. The molecule has 6 heteroatoms. The number of amides is 2. The first-order chi connectivity index (χ1) is 15.9. The van der Waals surface area contributed by atoms with Crippen LogP contribution in [0, 0.1) is 5.41 Å². The molecule has 1 aliphatic heterocycles. The molecule has 0 spiro atoms. The van der Waals surface area contributed by atoms with Gasteiger partial charge >= 0.3 is 0 Å². The quantitative estimate of drug-likeness (QED) is 0.623. The van der Waals surface area contributed by atoms with E-state index in [1.165, 1.54) is 0 Å². The number of piperidine rings is 1. The predicted octanol–water partition coefficient (Wildman–Crippen LogP) is 4.08. The van der Waals surface area contributed by atoms with Crippen molar-refractivity contribution in [3.05, 3.63) is 78.1 Å². The van der Waals surface area contributed by atoms with E-state index in [4.69, 9.17) is 0 Å². The maximum absolute atomic E-state index is 13.6. The molecule has 0 radical (unpaired) electrons. The number of aryl methyl sites for hydroxylation is 1. The second-order valence-corrected chi connectivity index (χ2v) is 9.28. The summed E-state index contributed by atoms with van der Waals surface area (Å²) in [6, 6.07) is 20.3. The topological polar surface area (TPSA) is 67.2 Å². The predicted molar refractivity (Wildman–Crippen MR) is 130 cm³/mol. The van der Waals surface area contributed by atoms with Gasteiger partial charge in [-0.1, -0.05) is 54.6 Å². The van der Waals surface area contributed by atoms with E-state index in [0.717, 1.165) is 29.5 Å². The maximum Gasteiger partial charge on any atom is 0.272 e. The highest BCUT2D eigenvalue weighted by Crippen LogP contribution is 2.37. The van der Waals surface area contributed by atoms with E-state index >= 15 is 0 Å². The molecule has 1 aromatic heterocycles. The smallest absolute Gasteiger partial charge is 0.272 e. The summed E-state index contributed by atoms with van der Waals surface area (Å²) < 4.78 is 1.59. The van der Waals surface area contributed by atoms with E-state index in [1.54, 1.807) is 24.0 Å². The van der Waals surface area contributed by atoms with Crippen LogP contribution in [0.25, 0.3) is 11.1 Å². The Balaban J connectivity index is 1.70. The van der Waals surface area contributed by atoms with Gasteiger partial charge in [-0.3, -0.25) is 14.3 Å². The molecule has 3 aromatic rings. The van der Waals surface area contributed by atoms with Gasteiger partial charge in [0.1, 0.15) is 5.69 Å². The van der Waals surface area contributed by atoms with Gasteiger partial charge in [0, 0.05) is 32.4 Å². The van der Waals surface area contributed by atoms with Crippen LogP contribution in [0.15, 0.2) is 66.9 Å². The van der Waals surface area contributed by atoms with Crippen molar-refractivity contribution in [2.24, 2.45) is 12.5 Å². The largest absolute Gasteiger partial charge is 0.353 e. The SMILES string of the molecule is CC(C)NC(=O)[C@]1(Cc2ccccc2-c2ccccc2)CCCN(C(=O)c2ccnn2C)C1. The minimum atomic E-state index is -0.693. The van der Waals surface area contributed by atoms with Gasteiger partial charge in [-0.25, -0.2) is 0 Å². The Morgan fingerprint density at radius 3 is 2.48 bits per heavy atom. The van der Waals surface area contributed by atoms with Crippen molar-refractivity contribution >= 4 is 11.8 Å². The van der Waals surface area contributed by atoms with Crippen LogP contribution in [0.5, 0.6) is 0 Å². The normalized spacial score (nSPS) is 18.4. The average Bonchev–Trinajstić information content (AvgIpc) is 3.25. The lowest BCUT2D eigenvalue weighted by Gasteiger charge is -2.42. The number of hydrogen-bond donors (Lipinski definition) is 1.